The van der Waals surface area contributed by atoms with Gasteiger partial charge in [0.25, 0.3) is 0 Å². The molecule has 6 nitrogen and oxygen atoms in total. The van der Waals surface area contributed by atoms with Gasteiger partial charge in [-0.05, 0) is 52.0 Å². The normalized spacial score (nSPS) is 12.9. The number of hydrogen-bond donors (Lipinski definition) is 1. The molecular formula is C18H15BrN4O2. The fraction of sp³-hybridized carbons (Fsp3) is 0.222. The highest BCUT2D eigenvalue weighted by Crippen LogP contribution is 2.26. The van der Waals surface area contributed by atoms with E-state index < -0.39 is 0 Å². The zero-order valence-electron chi connectivity index (χ0n) is 13.3. The van der Waals surface area contributed by atoms with Crippen LogP contribution in [0.25, 0.3) is 11.4 Å². The number of amides is 1. The smallest absolute Gasteiger partial charge is 0.228 e. The van der Waals surface area contributed by atoms with Crippen LogP contribution in [0.5, 0.6) is 0 Å². The third kappa shape index (κ3) is 3.46. The highest BCUT2D eigenvalue weighted by molar-refractivity contribution is 9.10. The molecule has 0 spiro atoms. The molecule has 0 saturated carbocycles. The molecule has 4 rings (SSSR count). The Morgan fingerprint density at radius 3 is 3.04 bits per heavy atom. The first kappa shape index (κ1) is 16.0. The Kier molecular flexibility index (Phi) is 4.31. The molecule has 1 N–H and O–H groups in total. The van der Waals surface area contributed by atoms with Gasteiger partial charge in [-0.1, -0.05) is 17.3 Å². The Hall–Kier alpha value is -2.54. The van der Waals surface area contributed by atoms with Crippen LogP contribution < -0.4 is 5.32 Å². The number of fused-ring (bicyclic) bond motifs is 1. The maximum absolute atomic E-state index is 11.4. The van der Waals surface area contributed by atoms with Crippen molar-refractivity contribution in [2.75, 3.05) is 5.32 Å². The number of rotatable bonds is 5. The Bertz CT molecular complexity index is 938. The van der Waals surface area contributed by atoms with E-state index in [4.69, 9.17) is 4.52 Å². The summed E-state index contributed by atoms with van der Waals surface area (Å²) in [5.74, 6) is 1.25. The molecule has 1 aromatic carbocycles. The third-order valence-corrected chi connectivity index (χ3v) is 4.76. The SMILES string of the molecule is O=C1Cc2cc(CCCc3nc(-c4ccncc4Br)no3)ccc2N1. The summed E-state index contributed by atoms with van der Waals surface area (Å²) in [4.78, 5) is 19.9. The summed E-state index contributed by atoms with van der Waals surface area (Å²) in [5, 5.41) is 6.89. The Labute approximate surface area is 152 Å². The van der Waals surface area contributed by atoms with E-state index in [0.29, 0.717) is 24.6 Å². The molecule has 0 fully saturated rings. The van der Waals surface area contributed by atoms with Crippen LogP contribution in [0.4, 0.5) is 5.69 Å². The van der Waals surface area contributed by atoms with Crippen molar-refractivity contribution in [3.8, 4) is 11.4 Å². The summed E-state index contributed by atoms with van der Waals surface area (Å²) in [5.41, 5.74) is 4.08. The zero-order valence-corrected chi connectivity index (χ0v) is 14.9. The molecule has 0 atom stereocenters. The zero-order chi connectivity index (χ0) is 17.2. The van der Waals surface area contributed by atoms with E-state index in [1.165, 1.54) is 5.56 Å². The van der Waals surface area contributed by atoms with Gasteiger partial charge in [0.1, 0.15) is 0 Å². The monoisotopic (exact) mass is 398 g/mol. The predicted octanol–water partition coefficient (Wildman–Crippen LogP) is 3.56. The van der Waals surface area contributed by atoms with Crippen molar-refractivity contribution in [1.82, 2.24) is 15.1 Å². The van der Waals surface area contributed by atoms with Crippen LogP contribution in [-0.4, -0.2) is 21.0 Å². The fourth-order valence-corrected chi connectivity index (χ4v) is 3.33. The van der Waals surface area contributed by atoms with Gasteiger partial charge >= 0.3 is 0 Å². The van der Waals surface area contributed by atoms with E-state index in [2.05, 4.69) is 48.5 Å². The lowest BCUT2D eigenvalue weighted by atomic mass is 10.0. The van der Waals surface area contributed by atoms with Crippen molar-refractivity contribution in [2.45, 2.75) is 25.7 Å². The number of nitrogens with zero attached hydrogens (tertiary/aromatic N) is 3. The summed E-state index contributed by atoms with van der Waals surface area (Å²) in [6, 6.07) is 7.97. The highest BCUT2D eigenvalue weighted by atomic mass is 79.9. The number of aryl methyl sites for hydroxylation is 2. The van der Waals surface area contributed by atoms with Gasteiger partial charge in [-0.2, -0.15) is 4.98 Å². The Morgan fingerprint density at radius 1 is 1.24 bits per heavy atom. The number of nitrogens with one attached hydrogen (secondary N) is 1. The quantitative estimate of drug-likeness (QED) is 0.710. The molecule has 0 bridgehead atoms. The van der Waals surface area contributed by atoms with Crippen molar-refractivity contribution in [1.29, 1.82) is 0 Å². The minimum atomic E-state index is 0.0628. The van der Waals surface area contributed by atoms with Crippen molar-refractivity contribution in [3.05, 3.63) is 58.1 Å². The topological polar surface area (TPSA) is 80.9 Å². The first-order chi connectivity index (χ1) is 12.2. The first-order valence-electron chi connectivity index (χ1n) is 8.03. The maximum atomic E-state index is 11.4. The Balaban J connectivity index is 1.38. The van der Waals surface area contributed by atoms with Gasteiger partial charge in [0, 0.05) is 34.5 Å². The van der Waals surface area contributed by atoms with Crippen molar-refractivity contribution in [3.63, 3.8) is 0 Å². The number of carbonyl (C=O) groups is 1. The van der Waals surface area contributed by atoms with Crippen LogP contribution >= 0.6 is 15.9 Å². The average molecular weight is 399 g/mol. The molecule has 0 unspecified atom stereocenters. The molecule has 126 valence electrons. The maximum Gasteiger partial charge on any atom is 0.228 e. The van der Waals surface area contributed by atoms with Gasteiger partial charge in [0.15, 0.2) is 0 Å². The van der Waals surface area contributed by atoms with E-state index in [0.717, 1.165) is 34.1 Å². The molecule has 7 heteroatoms. The van der Waals surface area contributed by atoms with Crippen LogP contribution in [0.1, 0.15) is 23.4 Å². The summed E-state index contributed by atoms with van der Waals surface area (Å²) in [6.45, 7) is 0. The van der Waals surface area contributed by atoms with Gasteiger partial charge in [-0.25, -0.2) is 0 Å². The van der Waals surface area contributed by atoms with E-state index >= 15 is 0 Å². The van der Waals surface area contributed by atoms with Gasteiger partial charge in [0.05, 0.1) is 6.42 Å². The largest absolute Gasteiger partial charge is 0.339 e. The van der Waals surface area contributed by atoms with E-state index in [1.54, 1.807) is 12.4 Å². The van der Waals surface area contributed by atoms with Gasteiger partial charge < -0.3 is 9.84 Å². The summed E-state index contributed by atoms with van der Waals surface area (Å²) < 4.78 is 6.18. The minimum absolute atomic E-state index is 0.0628. The van der Waals surface area contributed by atoms with Crippen molar-refractivity contribution in [2.24, 2.45) is 0 Å². The molecule has 1 aliphatic rings. The number of carbonyl (C=O) groups excluding carboxylic acids is 1. The molecule has 3 heterocycles. The number of hydrogen-bond acceptors (Lipinski definition) is 5. The van der Waals surface area contributed by atoms with Gasteiger partial charge in [-0.3, -0.25) is 9.78 Å². The number of halogens is 1. The lowest BCUT2D eigenvalue weighted by Crippen LogP contribution is -2.03. The van der Waals surface area contributed by atoms with E-state index in [-0.39, 0.29) is 5.91 Å². The van der Waals surface area contributed by atoms with Crippen LogP contribution in [0.2, 0.25) is 0 Å². The number of benzene rings is 1. The lowest BCUT2D eigenvalue weighted by Gasteiger charge is -2.03. The second kappa shape index (κ2) is 6.76. The average Bonchev–Trinajstić information content (AvgIpc) is 3.20. The summed E-state index contributed by atoms with van der Waals surface area (Å²) >= 11 is 3.44. The fourth-order valence-electron chi connectivity index (χ4n) is 2.90. The molecular weight excluding hydrogens is 384 g/mol. The molecule has 0 radical (unpaired) electrons. The predicted molar refractivity (Wildman–Crippen MR) is 96.0 cm³/mol. The van der Waals surface area contributed by atoms with Gasteiger partial charge in [0.2, 0.25) is 17.6 Å². The second-order valence-corrected chi connectivity index (χ2v) is 6.79. The number of anilines is 1. The molecule has 0 aliphatic carbocycles. The molecule has 2 aromatic heterocycles. The molecule has 0 saturated heterocycles. The minimum Gasteiger partial charge on any atom is -0.339 e. The second-order valence-electron chi connectivity index (χ2n) is 5.94. The van der Waals surface area contributed by atoms with E-state index in [9.17, 15) is 4.79 Å². The number of aromatic nitrogens is 3. The lowest BCUT2D eigenvalue weighted by molar-refractivity contribution is -0.115. The first-order valence-corrected chi connectivity index (χ1v) is 8.82. The van der Waals surface area contributed by atoms with Crippen molar-refractivity contribution < 1.29 is 9.32 Å². The highest BCUT2D eigenvalue weighted by Gasteiger charge is 2.17. The van der Waals surface area contributed by atoms with Crippen LogP contribution in [0, 0.1) is 0 Å². The summed E-state index contributed by atoms with van der Waals surface area (Å²) in [6.07, 6.45) is 6.39. The van der Waals surface area contributed by atoms with Crippen LogP contribution in [0.3, 0.4) is 0 Å². The van der Waals surface area contributed by atoms with Crippen LogP contribution in [0.15, 0.2) is 45.7 Å². The Morgan fingerprint density at radius 2 is 2.16 bits per heavy atom. The van der Waals surface area contributed by atoms with E-state index in [1.807, 2.05) is 12.1 Å². The number of pyridine rings is 1. The molecule has 1 amide bonds. The third-order valence-electron chi connectivity index (χ3n) is 4.13. The summed E-state index contributed by atoms with van der Waals surface area (Å²) in [7, 11) is 0. The van der Waals surface area contributed by atoms with Gasteiger partial charge in [-0.15, -0.1) is 0 Å². The molecule has 25 heavy (non-hydrogen) atoms. The molecule has 1 aliphatic heterocycles. The van der Waals surface area contributed by atoms with Crippen molar-refractivity contribution >= 4 is 27.5 Å². The molecule has 3 aromatic rings. The van der Waals surface area contributed by atoms with Crippen LogP contribution in [-0.2, 0) is 24.1 Å². The standard InChI is InChI=1S/C18H15BrN4O2/c19-14-10-20-7-6-13(14)18-22-17(25-23-18)3-1-2-11-4-5-15-12(8-11)9-16(24)21-15/h4-8,10H,1-3,9H2,(H,21,24).